The van der Waals surface area contributed by atoms with Gasteiger partial charge in [0.25, 0.3) is 0 Å². The summed E-state index contributed by atoms with van der Waals surface area (Å²) in [6.07, 6.45) is -1.07. The molecule has 140 valence electrons. The summed E-state index contributed by atoms with van der Waals surface area (Å²) in [5.41, 5.74) is 0.677. The minimum Gasteiger partial charge on any atom is -0.349 e. The molecule has 0 aliphatic heterocycles. The van der Waals surface area contributed by atoms with Crippen LogP contribution in [0.15, 0.2) is 48.7 Å². The lowest BCUT2D eigenvalue weighted by molar-refractivity contribution is -0.137. The molecule has 0 spiro atoms. The molecule has 1 heterocycles. The van der Waals surface area contributed by atoms with Crippen molar-refractivity contribution >= 4 is 5.91 Å². The second kappa shape index (κ2) is 8.83. The zero-order valence-corrected chi connectivity index (χ0v) is 14.9. The third kappa shape index (κ3) is 5.86. The number of carbonyl (C=O) groups excluding carboxylic acids is 1. The topological polar surface area (TPSA) is 42.0 Å². The highest BCUT2D eigenvalue weighted by Crippen LogP contribution is 2.32. The van der Waals surface area contributed by atoms with Gasteiger partial charge in [-0.15, -0.1) is 0 Å². The third-order valence-corrected chi connectivity index (χ3v) is 4.12. The second-order valence-electron chi connectivity index (χ2n) is 6.59. The van der Waals surface area contributed by atoms with Gasteiger partial charge in [0.15, 0.2) is 0 Å². The molecule has 1 aromatic carbocycles. The molecule has 0 bridgehead atoms. The molecule has 2 aromatic rings. The van der Waals surface area contributed by atoms with Gasteiger partial charge in [0, 0.05) is 18.3 Å². The van der Waals surface area contributed by atoms with Crippen LogP contribution >= 0.6 is 0 Å². The lowest BCUT2D eigenvalue weighted by Crippen LogP contribution is -2.31. The molecule has 0 saturated carbocycles. The Morgan fingerprint density at radius 3 is 2.54 bits per heavy atom. The summed E-state index contributed by atoms with van der Waals surface area (Å²) in [7, 11) is 0. The number of hydrogen-bond donors (Lipinski definition) is 1. The number of nitrogens with zero attached hydrogens (tertiary/aromatic N) is 1. The van der Waals surface area contributed by atoms with E-state index in [1.807, 2.05) is 32.0 Å². The van der Waals surface area contributed by atoms with E-state index >= 15 is 0 Å². The molecule has 1 aromatic heterocycles. The first-order valence-corrected chi connectivity index (χ1v) is 8.64. The predicted molar refractivity (Wildman–Crippen MR) is 94.3 cm³/mol. The van der Waals surface area contributed by atoms with Crippen molar-refractivity contribution in [3.8, 4) is 0 Å². The maximum absolute atomic E-state index is 12.9. The maximum Gasteiger partial charge on any atom is 0.416 e. The van der Waals surface area contributed by atoms with Gasteiger partial charge in [-0.1, -0.05) is 32.0 Å². The molecule has 0 radical (unpaired) electrons. The number of carbonyl (C=O) groups is 1. The Kier molecular flexibility index (Phi) is 6.77. The fourth-order valence-electron chi connectivity index (χ4n) is 2.77. The third-order valence-electron chi connectivity index (χ3n) is 4.12. The quantitative estimate of drug-likeness (QED) is 0.756. The van der Waals surface area contributed by atoms with E-state index in [2.05, 4.69) is 10.3 Å². The molecule has 1 unspecified atom stereocenters. The zero-order valence-electron chi connectivity index (χ0n) is 14.9. The molecule has 0 fully saturated rings. The van der Waals surface area contributed by atoms with Gasteiger partial charge in [0.1, 0.15) is 0 Å². The average Bonchev–Trinajstić information content (AvgIpc) is 2.60. The zero-order chi connectivity index (χ0) is 19.2. The van der Waals surface area contributed by atoms with Crippen LogP contribution in [0.4, 0.5) is 13.2 Å². The first kappa shape index (κ1) is 19.9. The van der Waals surface area contributed by atoms with E-state index in [1.165, 1.54) is 6.07 Å². The number of halogens is 3. The van der Waals surface area contributed by atoms with Crippen LogP contribution in [-0.4, -0.2) is 10.9 Å². The SMILES string of the molecule is CC(C)C(NC(=O)CCCc1ccccn1)c1cccc(C(F)(F)F)c1. The van der Waals surface area contributed by atoms with Crippen LogP contribution in [0.3, 0.4) is 0 Å². The highest BCUT2D eigenvalue weighted by molar-refractivity contribution is 5.76. The Morgan fingerprint density at radius 1 is 1.15 bits per heavy atom. The van der Waals surface area contributed by atoms with Crippen molar-refractivity contribution in [1.82, 2.24) is 10.3 Å². The number of rotatable bonds is 7. The standard InChI is InChI=1S/C20H23F3N2O/c1-14(2)19(15-7-5-8-16(13-15)20(21,22)23)25-18(26)11-6-10-17-9-3-4-12-24-17/h3-5,7-9,12-14,19H,6,10-11H2,1-2H3,(H,25,26). The predicted octanol–water partition coefficient (Wildman–Crippen LogP) is 4.94. The Morgan fingerprint density at radius 2 is 1.92 bits per heavy atom. The monoisotopic (exact) mass is 364 g/mol. The number of benzene rings is 1. The summed E-state index contributed by atoms with van der Waals surface area (Å²) >= 11 is 0. The van der Waals surface area contributed by atoms with Crippen LogP contribution in [0.1, 0.15) is 49.6 Å². The molecule has 1 amide bonds. The highest BCUT2D eigenvalue weighted by Gasteiger charge is 2.31. The number of hydrogen-bond acceptors (Lipinski definition) is 2. The molecule has 3 nitrogen and oxygen atoms in total. The molecular weight excluding hydrogens is 341 g/mol. The van der Waals surface area contributed by atoms with E-state index < -0.39 is 17.8 Å². The van der Waals surface area contributed by atoms with Crippen molar-refractivity contribution in [3.63, 3.8) is 0 Å². The van der Waals surface area contributed by atoms with Crippen molar-refractivity contribution < 1.29 is 18.0 Å². The Balaban J connectivity index is 1.98. The molecule has 26 heavy (non-hydrogen) atoms. The molecule has 1 atom stereocenters. The van der Waals surface area contributed by atoms with Gasteiger partial charge in [-0.05, 0) is 48.6 Å². The molecular formula is C20H23F3N2O. The van der Waals surface area contributed by atoms with Crippen LogP contribution in [0.25, 0.3) is 0 Å². The van der Waals surface area contributed by atoms with Gasteiger partial charge in [-0.3, -0.25) is 9.78 Å². The Labute approximate surface area is 151 Å². The van der Waals surface area contributed by atoms with E-state index in [1.54, 1.807) is 12.3 Å². The second-order valence-corrected chi connectivity index (χ2v) is 6.59. The van der Waals surface area contributed by atoms with Crippen molar-refractivity contribution in [2.75, 3.05) is 0 Å². The largest absolute Gasteiger partial charge is 0.416 e. The lowest BCUT2D eigenvalue weighted by atomic mass is 9.94. The van der Waals surface area contributed by atoms with Crippen molar-refractivity contribution in [1.29, 1.82) is 0 Å². The van der Waals surface area contributed by atoms with E-state index in [0.717, 1.165) is 17.8 Å². The van der Waals surface area contributed by atoms with Crippen LogP contribution in [0.2, 0.25) is 0 Å². The molecule has 0 aliphatic carbocycles. The maximum atomic E-state index is 12.9. The molecule has 0 saturated heterocycles. The van der Waals surface area contributed by atoms with Gasteiger partial charge in [-0.2, -0.15) is 13.2 Å². The number of aryl methyl sites for hydroxylation is 1. The number of nitrogens with one attached hydrogen (secondary N) is 1. The van der Waals surface area contributed by atoms with Gasteiger partial charge in [0.05, 0.1) is 11.6 Å². The number of amides is 1. The van der Waals surface area contributed by atoms with Crippen LogP contribution < -0.4 is 5.32 Å². The minimum atomic E-state index is -4.40. The van der Waals surface area contributed by atoms with Gasteiger partial charge >= 0.3 is 6.18 Å². The van der Waals surface area contributed by atoms with Crippen molar-refractivity contribution in [3.05, 3.63) is 65.5 Å². The summed E-state index contributed by atoms with van der Waals surface area (Å²) < 4.78 is 38.8. The van der Waals surface area contributed by atoms with Crippen molar-refractivity contribution in [2.24, 2.45) is 5.92 Å². The van der Waals surface area contributed by atoms with E-state index in [0.29, 0.717) is 24.8 Å². The van der Waals surface area contributed by atoms with Gasteiger partial charge < -0.3 is 5.32 Å². The summed E-state index contributed by atoms with van der Waals surface area (Å²) in [6.45, 7) is 3.75. The number of pyridine rings is 1. The fraction of sp³-hybridized carbons (Fsp3) is 0.400. The summed E-state index contributed by atoms with van der Waals surface area (Å²) in [5, 5.41) is 2.87. The van der Waals surface area contributed by atoms with Crippen LogP contribution in [0.5, 0.6) is 0 Å². The molecule has 2 rings (SSSR count). The summed E-state index contributed by atoms with van der Waals surface area (Å²) in [5.74, 6) is -0.199. The Hall–Kier alpha value is -2.37. The van der Waals surface area contributed by atoms with Crippen LogP contribution in [0, 0.1) is 5.92 Å². The Bertz CT molecular complexity index is 714. The van der Waals surface area contributed by atoms with Gasteiger partial charge in [0.2, 0.25) is 5.91 Å². The smallest absolute Gasteiger partial charge is 0.349 e. The van der Waals surface area contributed by atoms with E-state index in [-0.39, 0.29) is 11.8 Å². The average molecular weight is 364 g/mol. The normalized spacial score (nSPS) is 12.8. The number of aromatic nitrogens is 1. The van der Waals surface area contributed by atoms with Gasteiger partial charge in [-0.25, -0.2) is 0 Å². The van der Waals surface area contributed by atoms with E-state index in [9.17, 15) is 18.0 Å². The lowest BCUT2D eigenvalue weighted by Gasteiger charge is -2.24. The fourth-order valence-corrected chi connectivity index (χ4v) is 2.77. The minimum absolute atomic E-state index is 0.0294. The molecule has 1 N–H and O–H groups in total. The number of alkyl halides is 3. The van der Waals surface area contributed by atoms with Crippen LogP contribution in [-0.2, 0) is 17.4 Å². The molecule has 6 heteroatoms. The molecule has 0 aliphatic rings. The highest BCUT2D eigenvalue weighted by atomic mass is 19.4. The van der Waals surface area contributed by atoms with Crippen molar-refractivity contribution in [2.45, 2.75) is 45.3 Å². The summed E-state index contributed by atoms with van der Waals surface area (Å²) in [4.78, 5) is 16.5. The first-order valence-electron chi connectivity index (χ1n) is 8.64. The first-order chi connectivity index (χ1) is 12.3. The van der Waals surface area contributed by atoms with E-state index in [4.69, 9.17) is 0 Å². The summed E-state index contributed by atoms with van der Waals surface area (Å²) in [6, 6.07) is 10.3.